The first kappa shape index (κ1) is 17.3. The Morgan fingerprint density at radius 2 is 2.12 bits per heavy atom. The molecule has 3 rings (SSSR count). The quantitative estimate of drug-likeness (QED) is 0.387. The van der Waals surface area contributed by atoms with E-state index in [4.69, 9.17) is 22.1 Å². The number of nitrogens with zero attached hydrogens (tertiary/aromatic N) is 2. The molecule has 0 aliphatic heterocycles. The zero-order valence-electron chi connectivity index (χ0n) is 13.1. The van der Waals surface area contributed by atoms with Crippen molar-refractivity contribution in [3.63, 3.8) is 0 Å². The van der Waals surface area contributed by atoms with Crippen LogP contribution in [-0.4, -0.2) is 22.3 Å². The normalized spacial score (nSPS) is 11.2. The summed E-state index contributed by atoms with van der Waals surface area (Å²) in [7, 11) is 0. The fraction of sp³-hybridized carbons (Fsp3) is 0.250. The van der Waals surface area contributed by atoms with Gasteiger partial charge in [-0.1, -0.05) is 23.4 Å². The van der Waals surface area contributed by atoms with E-state index >= 15 is 0 Å². The molecule has 0 amide bonds. The number of nitrogen functional groups attached to an aromatic ring is 1. The largest absolute Gasteiger partial charge is 0.493 e. The molecule has 0 unspecified atom stereocenters. The Hall–Kier alpha value is -1.57. The number of aromatic nitrogens is 2. The van der Waals surface area contributed by atoms with Gasteiger partial charge in [0.15, 0.2) is 5.16 Å². The van der Waals surface area contributed by atoms with Gasteiger partial charge in [0, 0.05) is 16.7 Å². The Morgan fingerprint density at radius 3 is 2.88 bits per heavy atom. The first-order valence-corrected chi connectivity index (χ1v) is 9.37. The van der Waals surface area contributed by atoms with Gasteiger partial charge in [-0.25, -0.2) is 14.4 Å². The number of halogens is 2. The van der Waals surface area contributed by atoms with E-state index in [1.165, 1.54) is 28.8 Å². The molecule has 0 bridgehead atoms. The zero-order valence-corrected chi connectivity index (χ0v) is 15.5. The maximum absolute atomic E-state index is 13.1. The predicted octanol–water partition coefficient (Wildman–Crippen LogP) is 4.85. The monoisotopic (exact) mass is 383 g/mol. The smallest absolute Gasteiger partial charge is 0.191 e. The third-order valence-corrected chi connectivity index (χ3v) is 5.71. The lowest BCUT2D eigenvalue weighted by Gasteiger charge is -2.07. The average Bonchev–Trinajstić information content (AvgIpc) is 2.82. The Bertz CT molecular complexity index is 901. The van der Waals surface area contributed by atoms with Crippen molar-refractivity contribution in [2.75, 3.05) is 18.1 Å². The fourth-order valence-corrected chi connectivity index (χ4v) is 4.12. The van der Waals surface area contributed by atoms with E-state index in [0.29, 0.717) is 29.1 Å². The van der Waals surface area contributed by atoms with Crippen molar-refractivity contribution in [2.24, 2.45) is 0 Å². The van der Waals surface area contributed by atoms with Gasteiger partial charge in [0.05, 0.1) is 17.0 Å². The summed E-state index contributed by atoms with van der Waals surface area (Å²) in [6.45, 7) is 4.51. The molecule has 0 aliphatic rings. The molecule has 0 saturated heterocycles. The third-order valence-electron chi connectivity index (χ3n) is 3.51. The molecular weight excluding hydrogens is 369 g/mol. The molecule has 0 radical (unpaired) electrons. The summed E-state index contributed by atoms with van der Waals surface area (Å²) in [5.74, 6) is 1.22. The summed E-state index contributed by atoms with van der Waals surface area (Å²) in [5, 5.41) is 1.62. The van der Waals surface area contributed by atoms with Crippen LogP contribution in [0.5, 0.6) is 5.75 Å². The Morgan fingerprint density at radius 1 is 1.33 bits per heavy atom. The van der Waals surface area contributed by atoms with Crippen molar-refractivity contribution in [2.45, 2.75) is 19.0 Å². The highest BCUT2D eigenvalue weighted by atomic mass is 35.5. The first-order valence-electron chi connectivity index (χ1n) is 7.19. The number of thiophene rings is 1. The van der Waals surface area contributed by atoms with Gasteiger partial charge in [-0.2, -0.15) is 0 Å². The Labute approximate surface area is 152 Å². The van der Waals surface area contributed by atoms with Crippen molar-refractivity contribution in [1.82, 2.24) is 9.97 Å². The number of rotatable bonds is 5. The van der Waals surface area contributed by atoms with Gasteiger partial charge in [0.2, 0.25) is 0 Å². The molecular formula is C16H15ClFN3OS2. The molecule has 0 fully saturated rings. The molecule has 0 saturated carbocycles. The molecule has 1 aromatic carbocycles. The van der Waals surface area contributed by atoms with Crippen LogP contribution in [0.1, 0.15) is 10.4 Å². The average molecular weight is 384 g/mol. The minimum Gasteiger partial charge on any atom is -0.493 e. The molecule has 2 heterocycles. The van der Waals surface area contributed by atoms with Crippen LogP contribution < -0.4 is 10.5 Å². The summed E-state index contributed by atoms with van der Waals surface area (Å²) in [4.78, 5) is 11.0. The Kier molecular flexibility index (Phi) is 5.12. The third kappa shape index (κ3) is 3.58. The first-order chi connectivity index (χ1) is 11.5. The maximum Gasteiger partial charge on any atom is 0.191 e. The summed E-state index contributed by atoms with van der Waals surface area (Å²) in [6.07, 6.45) is 0. The van der Waals surface area contributed by atoms with Gasteiger partial charge in [0.1, 0.15) is 22.2 Å². The van der Waals surface area contributed by atoms with Gasteiger partial charge in [-0.15, -0.1) is 11.3 Å². The number of ether oxygens (including phenoxy) is 1. The molecule has 2 aromatic heterocycles. The van der Waals surface area contributed by atoms with Crippen LogP contribution in [0.25, 0.3) is 10.2 Å². The predicted molar refractivity (Wildman–Crippen MR) is 98.9 cm³/mol. The molecule has 0 spiro atoms. The van der Waals surface area contributed by atoms with Crippen molar-refractivity contribution in [1.29, 1.82) is 0 Å². The van der Waals surface area contributed by atoms with E-state index in [-0.39, 0.29) is 5.02 Å². The highest BCUT2D eigenvalue weighted by Crippen LogP contribution is 2.33. The molecule has 2 N–H and O–H groups in total. The van der Waals surface area contributed by atoms with Crippen LogP contribution in [-0.2, 0) is 0 Å². The van der Waals surface area contributed by atoms with E-state index in [2.05, 4.69) is 16.9 Å². The van der Waals surface area contributed by atoms with E-state index in [1.807, 2.05) is 6.92 Å². The lowest BCUT2D eigenvalue weighted by Crippen LogP contribution is -2.02. The summed E-state index contributed by atoms with van der Waals surface area (Å²) in [5.41, 5.74) is 7.20. The summed E-state index contributed by atoms with van der Waals surface area (Å²) >= 11 is 8.80. The van der Waals surface area contributed by atoms with Crippen molar-refractivity contribution in [3.05, 3.63) is 39.5 Å². The second-order valence-corrected chi connectivity index (χ2v) is 7.80. The second-order valence-electron chi connectivity index (χ2n) is 5.13. The zero-order chi connectivity index (χ0) is 17.3. The number of nitrogens with two attached hydrogens (primary N) is 1. The van der Waals surface area contributed by atoms with Crippen molar-refractivity contribution in [3.8, 4) is 5.75 Å². The molecule has 4 nitrogen and oxygen atoms in total. The van der Waals surface area contributed by atoms with E-state index < -0.39 is 5.82 Å². The van der Waals surface area contributed by atoms with Crippen LogP contribution >= 0.6 is 34.7 Å². The molecule has 126 valence electrons. The number of fused-ring (bicyclic) bond motifs is 1. The highest BCUT2D eigenvalue weighted by molar-refractivity contribution is 7.99. The van der Waals surface area contributed by atoms with Crippen LogP contribution in [0.2, 0.25) is 5.02 Å². The summed E-state index contributed by atoms with van der Waals surface area (Å²) in [6, 6.07) is 4.28. The SMILES string of the molecule is Cc1sc2nc(SCCOc3ccc(F)c(Cl)c3)nc(N)c2c1C. The number of thioether (sulfide) groups is 1. The van der Waals surface area contributed by atoms with Gasteiger partial charge in [-0.05, 0) is 31.5 Å². The standard InChI is InChI=1S/C16H15ClFN3OS2/c1-8-9(2)24-15-13(8)14(19)20-16(21-15)23-6-5-22-10-3-4-12(18)11(17)7-10/h3-4,7H,5-6H2,1-2H3,(H2,19,20,21). The maximum atomic E-state index is 13.1. The topological polar surface area (TPSA) is 61.0 Å². The second kappa shape index (κ2) is 7.13. The van der Waals surface area contributed by atoms with E-state index in [1.54, 1.807) is 17.4 Å². The van der Waals surface area contributed by atoms with E-state index in [9.17, 15) is 4.39 Å². The fourth-order valence-electron chi connectivity index (χ4n) is 2.18. The summed E-state index contributed by atoms with van der Waals surface area (Å²) < 4.78 is 18.6. The van der Waals surface area contributed by atoms with Crippen LogP contribution in [0.15, 0.2) is 23.4 Å². The molecule has 3 aromatic rings. The van der Waals surface area contributed by atoms with Crippen molar-refractivity contribution < 1.29 is 9.13 Å². The lowest BCUT2D eigenvalue weighted by atomic mass is 10.2. The van der Waals surface area contributed by atoms with E-state index in [0.717, 1.165) is 15.8 Å². The molecule has 0 aliphatic carbocycles. The van der Waals surface area contributed by atoms with Gasteiger partial charge >= 0.3 is 0 Å². The minimum absolute atomic E-state index is 0.0464. The van der Waals surface area contributed by atoms with Crippen LogP contribution in [0, 0.1) is 19.7 Å². The van der Waals surface area contributed by atoms with Gasteiger partial charge in [0.25, 0.3) is 0 Å². The lowest BCUT2D eigenvalue weighted by molar-refractivity contribution is 0.343. The molecule has 8 heteroatoms. The van der Waals surface area contributed by atoms with Crippen LogP contribution in [0.3, 0.4) is 0 Å². The Balaban J connectivity index is 1.62. The molecule has 0 atom stereocenters. The number of hydrogen-bond donors (Lipinski definition) is 1. The number of anilines is 1. The van der Waals surface area contributed by atoms with Crippen molar-refractivity contribution >= 4 is 50.7 Å². The van der Waals surface area contributed by atoms with Crippen LogP contribution in [0.4, 0.5) is 10.2 Å². The number of hydrogen-bond acceptors (Lipinski definition) is 6. The number of benzene rings is 1. The van der Waals surface area contributed by atoms with Gasteiger partial charge in [-0.3, -0.25) is 0 Å². The minimum atomic E-state index is -0.461. The van der Waals surface area contributed by atoms with Gasteiger partial charge < -0.3 is 10.5 Å². The highest BCUT2D eigenvalue weighted by Gasteiger charge is 2.12. The molecule has 24 heavy (non-hydrogen) atoms. The number of aryl methyl sites for hydroxylation is 2.